The Kier molecular flexibility index (Phi) is 3.28. The van der Waals surface area contributed by atoms with Gasteiger partial charge in [-0.05, 0) is 18.2 Å². The van der Waals surface area contributed by atoms with Crippen LogP contribution in [0, 0.1) is 5.82 Å². The molecule has 5 heteroatoms. The fraction of sp³-hybridized carbons (Fsp3) is 0.222. The van der Waals surface area contributed by atoms with Crippen LogP contribution in [-0.4, -0.2) is 12.5 Å². The van der Waals surface area contributed by atoms with Crippen molar-refractivity contribution in [3.8, 4) is 0 Å². The second-order valence-corrected chi connectivity index (χ2v) is 2.87. The van der Waals surface area contributed by atoms with E-state index in [1.54, 1.807) is 0 Å². The van der Waals surface area contributed by atoms with E-state index in [0.717, 1.165) is 0 Å². The predicted molar refractivity (Wildman–Crippen MR) is 53.1 cm³/mol. The highest BCUT2D eigenvalue weighted by molar-refractivity contribution is 5.74. The molecule has 1 aromatic carbocycles. The number of benzene rings is 1. The van der Waals surface area contributed by atoms with Crippen LogP contribution in [0.4, 0.5) is 15.8 Å². The number of amides is 1. The number of halogens is 1. The maximum Gasteiger partial charge on any atom is 0.219 e. The van der Waals surface area contributed by atoms with Gasteiger partial charge in [0.2, 0.25) is 5.91 Å². The van der Waals surface area contributed by atoms with Crippen LogP contribution in [0.1, 0.15) is 6.42 Å². The molecule has 0 aliphatic carbocycles. The minimum absolute atomic E-state index is 0.190. The Hall–Kier alpha value is -1.78. The fourth-order valence-electron chi connectivity index (χ4n) is 1.00. The Balaban J connectivity index is 2.57. The lowest BCUT2D eigenvalue weighted by Crippen LogP contribution is -2.16. The van der Waals surface area contributed by atoms with Gasteiger partial charge in [-0.1, -0.05) is 0 Å². The van der Waals surface area contributed by atoms with Crippen LogP contribution in [-0.2, 0) is 4.79 Å². The zero-order valence-corrected chi connectivity index (χ0v) is 7.59. The van der Waals surface area contributed by atoms with E-state index in [9.17, 15) is 9.18 Å². The minimum Gasteiger partial charge on any atom is -0.397 e. The number of nitrogen functional groups attached to an aromatic ring is 1. The van der Waals surface area contributed by atoms with Gasteiger partial charge in [0.15, 0.2) is 0 Å². The number of hydrogen-bond donors (Lipinski definition) is 3. The highest BCUT2D eigenvalue weighted by Crippen LogP contribution is 2.18. The van der Waals surface area contributed by atoms with E-state index < -0.39 is 5.91 Å². The molecule has 5 N–H and O–H groups in total. The molecule has 0 unspecified atom stereocenters. The number of anilines is 2. The lowest BCUT2D eigenvalue weighted by atomic mass is 10.2. The highest BCUT2D eigenvalue weighted by atomic mass is 19.1. The topological polar surface area (TPSA) is 81.1 Å². The molecule has 1 rings (SSSR count). The number of carbonyl (C=O) groups is 1. The Morgan fingerprint density at radius 2 is 2.21 bits per heavy atom. The van der Waals surface area contributed by atoms with Crippen LogP contribution >= 0.6 is 0 Å². The summed E-state index contributed by atoms with van der Waals surface area (Å²) < 4.78 is 12.7. The van der Waals surface area contributed by atoms with Crippen LogP contribution in [0.3, 0.4) is 0 Å². The third kappa shape index (κ3) is 2.93. The summed E-state index contributed by atoms with van der Waals surface area (Å²) in [6.07, 6.45) is 0.190. The van der Waals surface area contributed by atoms with Crippen molar-refractivity contribution < 1.29 is 9.18 Å². The first-order chi connectivity index (χ1) is 6.59. The number of primary amides is 1. The molecule has 0 radical (unpaired) electrons. The third-order valence-electron chi connectivity index (χ3n) is 1.70. The van der Waals surface area contributed by atoms with Crippen molar-refractivity contribution in [2.45, 2.75) is 6.42 Å². The number of rotatable bonds is 4. The van der Waals surface area contributed by atoms with Crippen molar-refractivity contribution >= 4 is 17.3 Å². The van der Waals surface area contributed by atoms with Crippen molar-refractivity contribution in [2.24, 2.45) is 5.73 Å². The summed E-state index contributed by atoms with van der Waals surface area (Å²) in [4.78, 5) is 10.4. The van der Waals surface area contributed by atoms with Crippen molar-refractivity contribution in [3.63, 3.8) is 0 Å². The van der Waals surface area contributed by atoms with Crippen molar-refractivity contribution in [2.75, 3.05) is 17.6 Å². The predicted octanol–water partition coefficient (Wildman–Crippen LogP) is 0.695. The third-order valence-corrected chi connectivity index (χ3v) is 1.70. The van der Waals surface area contributed by atoms with Gasteiger partial charge in [0.25, 0.3) is 0 Å². The molecular weight excluding hydrogens is 185 g/mol. The monoisotopic (exact) mass is 197 g/mol. The standard InChI is InChI=1S/C9H12FN3O/c10-6-1-2-7(11)8(5-6)13-4-3-9(12)14/h1-2,5,13H,3-4,11H2,(H2,12,14). The number of nitrogens with one attached hydrogen (secondary N) is 1. The van der Waals surface area contributed by atoms with Gasteiger partial charge in [-0.15, -0.1) is 0 Å². The molecule has 1 amide bonds. The molecule has 14 heavy (non-hydrogen) atoms. The van der Waals surface area contributed by atoms with E-state index in [0.29, 0.717) is 17.9 Å². The Morgan fingerprint density at radius 1 is 1.50 bits per heavy atom. The first-order valence-corrected chi connectivity index (χ1v) is 4.17. The highest BCUT2D eigenvalue weighted by Gasteiger charge is 2.00. The normalized spacial score (nSPS) is 9.79. The van der Waals surface area contributed by atoms with Gasteiger partial charge < -0.3 is 16.8 Å². The number of nitrogens with two attached hydrogens (primary N) is 2. The second kappa shape index (κ2) is 4.45. The SMILES string of the molecule is NC(=O)CCNc1cc(F)ccc1N. The van der Waals surface area contributed by atoms with E-state index in [4.69, 9.17) is 11.5 Å². The zero-order chi connectivity index (χ0) is 10.6. The molecule has 0 atom stereocenters. The first kappa shape index (κ1) is 10.3. The van der Waals surface area contributed by atoms with Gasteiger partial charge in [0.05, 0.1) is 11.4 Å². The van der Waals surface area contributed by atoms with E-state index >= 15 is 0 Å². The van der Waals surface area contributed by atoms with Crippen LogP contribution in [0.2, 0.25) is 0 Å². The molecule has 0 spiro atoms. The van der Waals surface area contributed by atoms with Crippen LogP contribution in [0.5, 0.6) is 0 Å². The smallest absolute Gasteiger partial charge is 0.219 e. The van der Waals surface area contributed by atoms with Crippen LogP contribution < -0.4 is 16.8 Å². The van der Waals surface area contributed by atoms with Gasteiger partial charge in [-0.3, -0.25) is 4.79 Å². The molecule has 76 valence electrons. The molecule has 1 aromatic rings. The van der Waals surface area contributed by atoms with Crippen LogP contribution in [0.25, 0.3) is 0 Å². The van der Waals surface area contributed by atoms with E-state index in [-0.39, 0.29) is 12.2 Å². The molecule has 0 aliphatic rings. The van der Waals surface area contributed by atoms with Gasteiger partial charge in [0, 0.05) is 13.0 Å². The molecule has 4 nitrogen and oxygen atoms in total. The molecule has 0 bridgehead atoms. The van der Waals surface area contributed by atoms with Gasteiger partial charge in [-0.2, -0.15) is 0 Å². The number of hydrogen-bond acceptors (Lipinski definition) is 3. The summed E-state index contributed by atoms with van der Waals surface area (Å²) in [7, 11) is 0. The lowest BCUT2D eigenvalue weighted by Gasteiger charge is -2.07. The minimum atomic E-state index is -0.410. The van der Waals surface area contributed by atoms with Gasteiger partial charge >= 0.3 is 0 Å². The molecule has 0 saturated carbocycles. The Bertz CT molecular complexity index is 341. The summed E-state index contributed by atoms with van der Waals surface area (Å²) in [5.41, 5.74) is 11.4. The first-order valence-electron chi connectivity index (χ1n) is 4.17. The average molecular weight is 197 g/mol. The lowest BCUT2D eigenvalue weighted by molar-refractivity contribution is -0.117. The average Bonchev–Trinajstić information content (AvgIpc) is 2.10. The van der Waals surface area contributed by atoms with Crippen molar-refractivity contribution in [1.82, 2.24) is 0 Å². The zero-order valence-electron chi connectivity index (χ0n) is 7.59. The fourth-order valence-corrected chi connectivity index (χ4v) is 1.00. The summed E-state index contributed by atoms with van der Waals surface area (Å²) in [5.74, 6) is -0.784. The quantitative estimate of drug-likeness (QED) is 0.621. The number of carbonyl (C=O) groups excluding carboxylic acids is 1. The van der Waals surface area contributed by atoms with Crippen molar-refractivity contribution in [1.29, 1.82) is 0 Å². The largest absolute Gasteiger partial charge is 0.397 e. The molecule has 0 fully saturated rings. The maximum absolute atomic E-state index is 12.7. The second-order valence-electron chi connectivity index (χ2n) is 2.87. The Morgan fingerprint density at radius 3 is 2.86 bits per heavy atom. The summed E-state index contributed by atoms with van der Waals surface area (Å²) >= 11 is 0. The maximum atomic E-state index is 12.7. The summed E-state index contributed by atoms with van der Waals surface area (Å²) in [6.45, 7) is 0.350. The molecule has 0 heterocycles. The summed E-state index contributed by atoms with van der Waals surface area (Å²) in [5, 5.41) is 2.82. The molecule has 0 aliphatic heterocycles. The van der Waals surface area contributed by atoms with E-state index in [1.807, 2.05) is 0 Å². The van der Waals surface area contributed by atoms with E-state index in [1.165, 1.54) is 18.2 Å². The van der Waals surface area contributed by atoms with Gasteiger partial charge in [0.1, 0.15) is 5.82 Å². The van der Waals surface area contributed by atoms with Gasteiger partial charge in [-0.25, -0.2) is 4.39 Å². The molecular formula is C9H12FN3O. The molecule has 0 aromatic heterocycles. The van der Waals surface area contributed by atoms with Crippen molar-refractivity contribution in [3.05, 3.63) is 24.0 Å². The van der Waals surface area contributed by atoms with E-state index in [2.05, 4.69) is 5.32 Å². The Labute approximate surface area is 81.1 Å². The molecule has 0 saturated heterocycles. The summed E-state index contributed by atoms with van der Waals surface area (Å²) in [6, 6.07) is 4.01. The van der Waals surface area contributed by atoms with Crippen LogP contribution in [0.15, 0.2) is 18.2 Å².